The van der Waals surface area contributed by atoms with Crippen LogP contribution >= 0.6 is 19.1 Å². The molecule has 96 heavy (non-hydrogen) atoms. The molecule has 0 radical (unpaired) electrons. The molecule has 0 aliphatic carbocycles. The Labute approximate surface area is 554 Å². The number of halogens is 4. The molecule has 6 heterocycles. The van der Waals surface area contributed by atoms with Crippen LogP contribution in [0.15, 0.2) is 75.7 Å². The molecule has 8 rings (SSSR count). The molecule has 6 amide bonds. The molecule has 7 N–H and O–H groups in total. The number of urea groups is 2. The first-order valence-electron chi connectivity index (χ1n) is 27.2. The summed E-state index contributed by atoms with van der Waals surface area (Å²) in [5, 5.41) is 13.6. The highest BCUT2D eigenvalue weighted by Gasteiger charge is 2.33. The molecule has 1 atom stereocenters. The standard InChI is InChI=1S/C18H17FN4O2S.C15H16F3N5O4S.C15H18N6O6S.C3H8NO5P.C3H9S/c1-4-5-22-13-7-12(11(19)6-14(13)25-9-16(22)24)20-17-23-10-18(2,3)8-15(23)21-26-17;1-9-19-12(22-14(20-9)27-2)21-13(24)23-28(25,26)11-6-4-3-5-10(11)7-8-15(16,17)18;1-21(2)13(22)9-6-5-7-16-12(9)28(24,25)20-15(23)19-14-17-10(26-3)8-11(18-14)27-4;5-3(6)1-4-2-10(7,8)9;1-4(2)3/h1,6-7H,5,8-10H2,2-3H3;3-6H,7-8H2,1-2H3,(H2,19,20,21,22,23,24);5-8H,1-4H3,(H2,17,18,19,20,23);4H,1-2H2,(H,5,6)(H2,7,8,9);1-3H3/q;;;;+1/p-1/b20-17-;;;;. The number of terminal acetylenes is 1. The molecule has 0 spiro atoms. The van der Waals surface area contributed by atoms with Gasteiger partial charge >= 0.3 is 30.2 Å². The number of fused-ring (bicyclic) bond motifs is 2. The van der Waals surface area contributed by atoms with E-state index in [2.05, 4.69) is 88.4 Å². The normalized spacial score (nSPS) is 13.6. The van der Waals surface area contributed by atoms with E-state index in [0.29, 0.717) is 27.1 Å². The summed E-state index contributed by atoms with van der Waals surface area (Å²) in [5.74, 6) is 1.04. The van der Waals surface area contributed by atoms with Crippen molar-refractivity contribution in [1.82, 2.24) is 58.5 Å². The number of aromatic nitrogens is 8. The number of hydrogen-bond acceptors (Lipinski definition) is 25. The van der Waals surface area contributed by atoms with Crippen molar-refractivity contribution in [2.45, 2.75) is 62.7 Å². The van der Waals surface area contributed by atoms with Crippen molar-refractivity contribution < 1.29 is 96.8 Å². The van der Waals surface area contributed by atoms with Crippen molar-refractivity contribution in [3.8, 4) is 35.9 Å². The van der Waals surface area contributed by atoms with Gasteiger partial charge in [-0.15, -0.1) is 6.42 Å². The van der Waals surface area contributed by atoms with Crippen LogP contribution in [0, 0.1) is 30.5 Å². The summed E-state index contributed by atoms with van der Waals surface area (Å²) >= 11 is 1.24. The van der Waals surface area contributed by atoms with E-state index in [0.717, 1.165) is 24.9 Å². The first-order valence-corrected chi connectivity index (χ1v) is 35.1. The summed E-state index contributed by atoms with van der Waals surface area (Å²) in [5.41, 5.74) is 0.419. The fourth-order valence-corrected chi connectivity index (χ4v) is 11.0. The zero-order valence-corrected chi connectivity index (χ0v) is 57.2. The average molecular weight is 1450 g/mol. The number of methoxy groups -OCH3 is 3. The number of nitrogens with one attached hydrogen (secondary N) is 5. The van der Waals surface area contributed by atoms with Gasteiger partial charge in [0, 0.05) is 57.3 Å². The largest absolute Gasteiger partial charge is 0.778 e. The number of carbonyl (C=O) groups excluding carboxylic acids is 4. The number of pyridine rings is 1. The van der Waals surface area contributed by atoms with Gasteiger partial charge in [0.2, 0.25) is 28.5 Å². The number of aryl methyl sites for hydroxylation is 2. The van der Waals surface area contributed by atoms with Crippen molar-refractivity contribution in [2.24, 2.45) is 10.4 Å². The Morgan fingerprint density at radius 3 is 2.09 bits per heavy atom. The van der Waals surface area contributed by atoms with Crippen LogP contribution in [-0.4, -0.2) is 187 Å². The summed E-state index contributed by atoms with van der Waals surface area (Å²) in [6, 6.07) is 9.47. The number of alkyl halides is 3. The number of carboxylic acids is 1. The van der Waals surface area contributed by atoms with Gasteiger partial charge in [-0.25, -0.2) is 41.8 Å². The topological polar surface area (TPSA) is 445 Å². The number of carbonyl (C=O) groups is 5. The molecular formula is C54H67F4N16O17PS4. The zero-order chi connectivity index (χ0) is 72.1. The Morgan fingerprint density at radius 1 is 0.927 bits per heavy atom. The minimum atomic E-state index is -4.46. The Balaban J connectivity index is 0.000000278. The Kier molecular flexibility index (Phi) is 28.9. The predicted octanol–water partition coefficient (Wildman–Crippen LogP) is 3.21. The van der Waals surface area contributed by atoms with E-state index in [1.807, 2.05) is 9.88 Å². The number of carboxylic acid groups (broad SMARTS) is 1. The molecule has 2 aliphatic rings. The van der Waals surface area contributed by atoms with Crippen LogP contribution in [0.5, 0.6) is 23.5 Å². The molecule has 2 aromatic carbocycles. The molecule has 0 saturated heterocycles. The number of nitrogens with zero attached hydrogens (tertiary/aromatic N) is 11. The van der Waals surface area contributed by atoms with E-state index in [-0.39, 0.29) is 76.8 Å². The number of ether oxygens (including phenoxy) is 4. The van der Waals surface area contributed by atoms with Crippen molar-refractivity contribution in [3.63, 3.8) is 0 Å². The highest BCUT2D eigenvalue weighted by molar-refractivity contribution is 7.94. The molecular weight excluding hydrogens is 1380 g/mol. The average Bonchev–Trinajstić information content (AvgIpc) is 1.79. The van der Waals surface area contributed by atoms with E-state index in [1.165, 1.54) is 118 Å². The van der Waals surface area contributed by atoms with Crippen molar-refractivity contribution in [2.75, 3.05) is 95.7 Å². The van der Waals surface area contributed by atoms with Crippen LogP contribution in [0.25, 0.3) is 0 Å². The minimum absolute atomic E-state index is 0.0715. The summed E-state index contributed by atoms with van der Waals surface area (Å²) in [6.07, 6.45) is 7.08. The second-order valence-electron chi connectivity index (χ2n) is 20.9. The third-order valence-electron chi connectivity index (χ3n) is 11.5. The maximum absolute atomic E-state index is 14.5. The minimum Gasteiger partial charge on any atom is -0.778 e. The van der Waals surface area contributed by atoms with E-state index < -0.39 is 99.2 Å². The Morgan fingerprint density at radius 2 is 1.53 bits per heavy atom. The number of rotatable bonds is 18. The van der Waals surface area contributed by atoms with Crippen molar-refractivity contribution in [3.05, 3.63) is 94.2 Å². The van der Waals surface area contributed by atoms with E-state index in [4.69, 9.17) is 35.4 Å². The molecule has 0 saturated carbocycles. The molecule has 1 unspecified atom stereocenters. The molecule has 0 fully saturated rings. The molecule has 6 aromatic rings. The van der Waals surface area contributed by atoms with Crippen molar-refractivity contribution >= 4 is 103 Å². The summed E-state index contributed by atoms with van der Waals surface area (Å²) in [7, 11) is -5.70. The first-order chi connectivity index (χ1) is 44.7. The molecule has 2 aliphatic heterocycles. The van der Waals surface area contributed by atoms with Gasteiger partial charge in [-0.3, -0.25) is 35.2 Å². The molecule has 4 aromatic heterocycles. The lowest BCUT2D eigenvalue weighted by Crippen LogP contribution is -2.39. The van der Waals surface area contributed by atoms with Crippen LogP contribution < -0.4 is 58.9 Å². The van der Waals surface area contributed by atoms with Gasteiger partial charge in [-0.1, -0.05) is 38.0 Å². The van der Waals surface area contributed by atoms with Gasteiger partial charge in [0.1, 0.15) is 30.7 Å². The van der Waals surface area contributed by atoms with Crippen LogP contribution in [0.1, 0.15) is 47.8 Å². The molecule has 42 heteroatoms. The summed E-state index contributed by atoms with van der Waals surface area (Å²) < 4.78 is 142. The molecule has 0 bridgehead atoms. The smallest absolute Gasteiger partial charge is 0.389 e. The van der Waals surface area contributed by atoms with E-state index in [1.54, 1.807) is 9.44 Å². The third kappa shape index (κ3) is 25.5. The number of aliphatic carboxylic acids is 1. The van der Waals surface area contributed by atoms with Gasteiger partial charge in [-0.05, 0) is 59.5 Å². The number of benzene rings is 2. The van der Waals surface area contributed by atoms with Gasteiger partial charge < -0.3 is 47.9 Å². The first kappa shape index (κ1) is 79.3. The highest BCUT2D eigenvalue weighted by Crippen LogP contribution is 2.38. The van der Waals surface area contributed by atoms with Gasteiger partial charge in [0.25, 0.3) is 31.9 Å². The third-order valence-corrected chi connectivity index (χ3v) is 15.7. The Bertz CT molecular complexity index is 4150. The second-order valence-corrected chi connectivity index (χ2v) is 28.9. The quantitative estimate of drug-likeness (QED) is 0.0281. The van der Waals surface area contributed by atoms with Crippen molar-refractivity contribution in [1.29, 1.82) is 0 Å². The lowest BCUT2D eigenvalue weighted by Gasteiger charge is -2.28. The van der Waals surface area contributed by atoms with E-state index in [9.17, 15) is 67.8 Å². The number of amides is 6. The van der Waals surface area contributed by atoms with E-state index >= 15 is 0 Å². The lowest BCUT2D eigenvalue weighted by molar-refractivity contribution is -0.193. The van der Waals surface area contributed by atoms with Gasteiger partial charge in [-0.2, -0.15) is 50.9 Å². The number of sulfonamides is 2. The SMILES string of the molecule is C#CCN1C(=O)COc2cc(F)c(/N=c3\snc4n3CC(C)(C)C4)cc21.COc1cc(OC)nc(NC(=O)NS(=O)(=O)c2ncccc2C(=O)N(C)C)n1.COc1nc(C)nc(NC(=O)NS(=O)(=O)c2ccccc2CCC(F)(F)F)n1.C[S+](C)C.O=C(O)CNCP(=O)([O-])O. The number of hydrogen-bond donors (Lipinski definition) is 7. The summed E-state index contributed by atoms with van der Waals surface area (Å²) in [4.78, 5) is 106. The maximum Gasteiger partial charge on any atom is 0.389 e. The predicted molar refractivity (Wildman–Crippen MR) is 339 cm³/mol. The fourth-order valence-electron chi connectivity index (χ4n) is 7.68. The monoisotopic (exact) mass is 1450 g/mol. The van der Waals surface area contributed by atoms with Gasteiger partial charge in [0.15, 0.2) is 17.5 Å². The second kappa shape index (κ2) is 35.0. The molecule has 522 valence electrons. The van der Waals surface area contributed by atoms with Crippen LogP contribution in [0.4, 0.5) is 50.4 Å². The van der Waals surface area contributed by atoms with Crippen LogP contribution in [0.3, 0.4) is 0 Å². The number of anilines is 3. The fraction of sp³-hybridized carbons (Fsp3) is 0.389. The molecule has 33 nitrogen and oxygen atoms in total. The maximum atomic E-state index is 14.5. The summed E-state index contributed by atoms with van der Waals surface area (Å²) in [6.45, 7) is 6.08. The lowest BCUT2D eigenvalue weighted by atomic mass is 9.92. The van der Waals surface area contributed by atoms with Gasteiger partial charge in [0.05, 0.1) is 81.7 Å². The zero-order valence-electron chi connectivity index (χ0n) is 53.0. The van der Waals surface area contributed by atoms with Crippen LogP contribution in [-0.2, 0) is 64.5 Å². The highest BCUT2D eigenvalue weighted by atomic mass is 32.2. The Hall–Kier alpha value is -9.17. The van der Waals surface area contributed by atoms with Crippen LogP contribution in [0.2, 0.25) is 0 Å².